The molecule has 6 heterocycles. The molecule has 12 heteroatoms. The molecule has 81 heavy (non-hydrogen) atoms. The Labute approximate surface area is 484 Å². The minimum Gasteiger partial charge on any atom is -0.508 e. The van der Waals surface area contributed by atoms with Crippen molar-refractivity contribution < 1.29 is 44.5 Å². The number of aromatic hydroxyl groups is 2. The molecule has 3 spiro atoms. The molecule has 3 aromatic carbocycles. The molecule has 444 valence electrons. The number of aliphatic hydroxyl groups is 3. The summed E-state index contributed by atoms with van der Waals surface area (Å²) in [4.78, 5) is 5.29. The molecule has 5 aliphatic carbocycles. The van der Waals surface area contributed by atoms with Crippen molar-refractivity contribution in [3.8, 4) is 39.9 Å². The van der Waals surface area contributed by atoms with Crippen LogP contribution in [0.5, 0.6) is 28.7 Å². The number of hydrogen-bond donors (Lipinski definition) is 7. The normalized spacial score (nSPS) is 33.3. The molecule has 6 aliphatic heterocycles. The van der Waals surface area contributed by atoms with E-state index < -0.39 is 18.3 Å². The Hall–Kier alpha value is -4.49. The first-order valence-electron chi connectivity index (χ1n) is 32.2. The van der Waals surface area contributed by atoms with Crippen LogP contribution in [0, 0.1) is 52.3 Å². The Morgan fingerprint density at radius 3 is 2.44 bits per heavy atom. The van der Waals surface area contributed by atoms with E-state index in [2.05, 4.69) is 51.2 Å². The van der Waals surface area contributed by atoms with Gasteiger partial charge < -0.3 is 55.5 Å². The number of aliphatic hydroxyl groups excluding tert-OH is 3. The molecule has 8 N–H and O–H groups in total. The second-order valence-corrected chi connectivity index (χ2v) is 27.7. The standard InChI is InChI=1S/C69H99N3O9/c1-6-7-9-14-43(4)52-31-45-18-17-44(52)30-50(74)38-68(23-13-22-67(68)26-28-79-69(40-67)24-10-8-11-25-69)41-72-66(70)71-27-21-51-47(39-73)15-12-16-59(51)80-61-35-46(19-20-56(61)75)65-58(77)36-55-60(81-65)37-62(78-5)64-54-33-49(29-42(2)3)57(76)34-48(54)32-53(45)63(55)64/h17-20,33-35,37,42-45,47,50-53,58-59,65,73-77H,6-16,21-32,36,38-41H2,1-5H3,(H3,70,71,72)/t43-,44-,45-,47-,50-,51-,52-,53+,58+,59-,65-,67+,68+/m0/s1. The van der Waals surface area contributed by atoms with Crippen LogP contribution in [0.25, 0.3) is 11.1 Å². The number of methoxy groups -OCH3 is 1. The average Bonchev–Trinajstić information content (AvgIpc) is 3.79. The molecule has 4 fully saturated rings. The molecule has 13 atom stereocenters. The van der Waals surface area contributed by atoms with Gasteiger partial charge in [0.15, 0.2) is 17.5 Å². The second kappa shape index (κ2) is 24.6. The van der Waals surface area contributed by atoms with Gasteiger partial charge in [0.05, 0.1) is 24.9 Å². The lowest BCUT2D eigenvalue weighted by Crippen LogP contribution is -2.53. The summed E-state index contributed by atoms with van der Waals surface area (Å²) in [5, 5.41) is 63.0. The highest BCUT2D eigenvalue weighted by Gasteiger charge is 2.60. The van der Waals surface area contributed by atoms with Crippen molar-refractivity contribution in [1.29, 1.82) is 0 Å². The number of phenolic OH excluding ortho intramolecular Hbond substituents is 2. The highest BCUT2D eigenvalue weighted by molar-refractivity contribution is 5.84. The van der Waals surface area contributed by atoms with Crippen LogP contribution in [0.1, 0.15) is 202 Å². The van der Waals surface area contributed by atoms with Gasteiger partial charge in [0.25, 0.3) is 0 Å². The molecule has 14 rings (SSSR count). The van der Waals surface area contributed by atoms with E-state index >= 15 is 0 Å². The van der Waals surface area contributed by atoms with Crippen molar-refractivity contribution in [2.75, 3.05) is 33.4 Å². The predicted molar refractivity (Wildman–Crippen MR) is 320 cm³/mol. The summed E-state index contributed by atoms with van der Waals surface area (Å²) in [6, 6.07) is 11.5. The number of hydrogen-bond acceptors (Lipinski definition) is 12. The van der Waals surface area contributed by atoms with E-state index in [1.807, 2.05) is 24.3 Å². The molecule has 3 saturated carbocycles. The summed E-state index contributed by atoms with van der Waals surface area (Å²) >= 11 is 0. The van der Waals surface area contributed by atoms with E-state index in [0.29, 0.717) is 97.5 Å². The van der Waals surface area contributed by atoms with E-state index in [-0.39, 0.29) is 64.5 Å². The Bertz CT molecular complexity index is 2730. The lowest BCUT2D eigenvalue weighted by atomic mass is 9.55. The highest BCUT2D eigenvalue weighted by Crippen LogP contribution is 2.65. The zero-order valence-electron chi connectivity index (χ0n) is 49.7. The van der Waals surface area contributed by atoms with E-state index in [4.69, 9.17) is 29.7 Å². The first-order valence-corrected chi connectivity index (χ1v) is 32.2. The number of unbranched alkanes of at least 4 members (excludes halogenated alkanes) is 2. The molecule has 12 nitrogen and oxygen atoms in total. The number of rotatable bonds is 9. The zero-order valence-corrected chi connectivity index (χ0v) is 49.7. The molecule has 0 radical (unpaired) electrons. The van der Waals surface area contributed by atoms with Gasteiger partial charge >= 0.3 is 0 Å². The number of benzene rings is 3. The van der Waals surface area contributed by atoms with E-state index in [9.17, 15) is 25.5 Å². The van der Waals surface area contributed by atoms with Crippen molar-refractivity contribution in [2.45, 2.75) is 218 Å². The van der Waals surface area contributed by atoms with Crippen molar-refractivity contribution in [1.82, 2.24) is 5.32 Å². The van der Waals surface area contributed by atoms with Crippen molar-refractivity contribution in [3.05, 3.63) is 76.4 Å². The van der Waals surface area contributed by atoms with E-state index in [1.165, 1.54) is 38.5 Å². The molecule has 1 saturated heterocycles. The maximum Gasteiger partial charge on any atom is 0.188 e. The number of guanidine groups is 1. The summed E-state index contributed by atoms with van der Waals surface area (Å²) in [6.07, 6.45) is 25.7. The van der Waals surface area contributed by atoms with Gasteiger partial charge in [0, 0.05) is 55.8 Å². The fourth-order valence-corrected chi connectivity index (χ4v) is 18.1. The minimum atomic E-state index is -0.917. The van der Waals surface area contributed by atoms with Gasteiger partial charge in [-0.15, -0.1) is 0 Å². The minimum absolute atomic E-state index is 0.00764. The van der Waals surface area contributed by atoms with Gasteiger partial charge in [-0.25, -0.2) is 0 Å². The Morgan fingerprint density at radius 1 is 0.840 bits per heavy atom. The quantitative estimate of drug-likeness (QED) is 0.0798. The van der Waals surface area contributed by atoms with Gasteiger partial charge in [0.1, 0.15) is 29.5 Å². The Kier molecular flexibility index (Phi) is 17.7. The number of fused-ring (bicyclic) bond motifs is 2. The Morgan fingerprint density at radius 2 is 1.65 bits per heavy atom. The fourth-order valence-electron chi connectivity index (χ4n) is 18.1. The molecule has 3 aromatic rings. The van der Waals surface area contributed by atoms with Gasteiger partial charge in [-0.2, -0.15) is 0 Å². The summed E-state index contributed by atoms with van der Waals surface area (Å²) < 4.78 is 27.2. The Balaban J connectivity index is 1.03. The lowest BCUT2D eigenvalue weighted by Gasteiger charge is -2.55. The molecule has 0 aromatic heterocycles. The maximum atomic E-state index is 13.0. The number of nitrogens with one attached hydrogen (secondary N) is 1. The highest BCUT2D eigenvalue weighted by atomic mass is 16.5. The van der Waals surface area contributed by atoms with Crippen LogP contribution in [-0.4, -0.2) is 88.8 Å². The van der Waals surface area contributed by atoms with Crippen molar-refractivity contribution in [3.63, 3.8) is 0 Å². The number of allylic oxidation sites excluding steroid dienone is 2. The third-order valence-corrected chi connectivity index (χ3v) is 22.2. The largest absolute Gasteiger partial charge is 0.508 e. The molecule has 0 amide bonds. The van der Waals surface area contributed by atoms with Gasteiger partial charge in [0.2, 0.25) is 0 Å². The molecule has 0 unspecified atom stereocenters. The molecule has 11 aliphatic rings. The first kappa shape index (κ1) is 58.3. The number of ether oxygens (including phenoxy) is 4. The van der Waals surface area contributed by atoms with Gasteiger partial charge in [-0.05, 0) is 201 Å². The topological polar surface area (TPSA) is 188 Å². The maximum absolute atomic E-state index is 13.0. The number of aliphatic imine (C=N–C) groups is 1. The van der Waals surface area contributed by atoms with Crippen molar-refractivity contribution in [2.24, 2.45) is 63.0 Å². The molecular formula is C69H99N3O9. The summed E-state index contributed by atoms with van der Waals surface area (Å²) in [5.74, 6) is 3.88. The van der Waals surface area contributed by atoms with E-state index in [0.717, 1.165) is 123 Å². The van der Waals surface area contributed by atoms with Crippen LogP contribution < -0.4 is 25.3 Å². The van der Waals surface area contributed by atoms with Gasteiger partial charge in [-0.3, -0.25) is 4.99 Å². The predicted octanol–water partition coefficient (Wildman–Crippen LogP) is 12.9. The monoisotopic (exact) mass is 1110 g/mol. The molecule has 8 bridgehead atoms. The van der Waals surface area contributed by atoms with Crippen LogP contribution in [0.4, 0.5) is 0 Å². The number of phenols is 2. The van der Waals surface area contributed by atoms with Crippen LogP contribution in [0.2, 0.25) is 0 Å². The van der Waals surface area contributed by atoms with E-state index in [1.54, 1.807) is 13.2 Å². The SMILES string of the molecule is CCCCC[C@H](C)[C@@H]1C[C@@H]2C=C[C@H]1C[C@H](O)C[C@]1(CCC[C@]13CCOC1(CCCCC1)C3)CN=C(N)NCC[C@H]1[C@H](CO)CCC[C@@H]1Oc1cc(ccc1O)[C@@H]1Oc3cc(OC)c4c(c3C[C@H]1O)[C@@H]2Cc1cc(O)c(CC(C)C)cc1-4. The van der Waals surface area contributed by atoms with Crippen LogP contribution in [0.15, 0.2) is 53.5 Å². The first-order chi connectivity index (χ1) is 39.1. The fraction of sp³-hybridized carbons (Fsp3) is 0.696. The second-order valence-electron chi connectivity index (χ2n) is 27.7. The smallest absolute Gasteiger partial charge is 0.188 e. The van der Waals surface area contributed by atoms with Gasteiger partial charge in [-0.1, -0.05) is 97.3 Å². The third-order valence-electron chi connectivity index (χ3n) is 22.2. The molecular weight excluding hydrogens is 1010 g/mol. The zero-order chi connectivity index (χ0) is 56.6. The van der Waals surface area contributed by atoms with Crippen LogP contribution in [0.3, 0.4) is 0 Å². The number of nitrogens with two attached hydrogens (primary N) is 1. The summed E-state index contributed by atoms with van der Waals surface area (Å²) in [6.45, 7) is 11.0. The lowest BCUT2D eigenvalue weighted by molar-refractivity contribution is -0.173. The van der Waals surface area contributed by atoms with Crippen LogP contribution in [-0.2, 0) is 24.0 Å². The van der Waals surface area contributed by atoms with Crippen molar-refractivity contribution >= 4 is 5.96 Å². The van der Waals surface area contributed by atoms with Crippen LogP contribution >= 0.6 is 0 Å². The summed E-state index contributed by atoms with van der Waals surface area (Å²) in [5.41, 5.74) is 13.6. The average molecular weight is 1110 g/mol. The number of nitrogens with zero attached hydrogens (tertiary/aromatic N) is 1. The third kappa shape index (κ3) is 11.7. The summed E-state index contributed by atoms with van der Waals surface area (Å²) in [7, 11) is 1.73.